The number of aliphatic hydroxyl groups excluding tert-OH is 1. The van der Waals surface area contributed by atoms with E-state index in [0.717, 1.165) is 18.7 Å². The van der Waals surface area contributed by atoms with Crippen molar-refractivity contribution < 1.29 is 9.52 Å². The van der Waals surface area contributed by atoms with Crippen molar-refractivity contribution in [1.82, 2.24) is 4.98 Å². The smallest absolute Gasteiger partial charge is 0.197 e. The molecule has 1 aromatic heterocycles. The first-order chi connectivity index (χ1) is 6.77. The summed E-state index contributed by atoms with van der Waals surface area (Å²) in [6, 6.07) is 0. The molecule has 1 N–H and O–H groups in total. The van der Waals surface area contributed by atoms with Gasteiger partial charge in [0.2, 0.25) is 0 Å². The highest BCUT2D eigenvalue weighted by Crippen LogP contribution is 2.31. The van der Waals surface area contributed by atoms with E-state index in [4.69, 9.17) is 4.42 Å². The van der Waals surface area contributed by atoms with E-state index in [9.17, 15) is 5.11 Å². The van der Waals surface area contributed by atoms with Gasteiger partial charge in [-0.1, -0.05) is 0 Å². The zero-order valence-electron chi connectivity index (χ0n) is 8.27. The van der Waals surface area contributed by atoms with Crippen LogP contribution in [-0.2, 0) is 0 Å². The summed E-state index contributed by atoms with van der Waals surface area (Å²) in [6.07, 6.45) is 3.34. The molecule has 14 heavy (non-hydrogen) atoms. The number of aromatic nitrogens is 1. The van der Waals surface area contributed by atoms with Crippen LogP contribution < -0.4 is 0 Å². The summed E-state index contributed by atoms with van der Waals surface area (Å²) >= 11 is 1.99. The van der Waals surface area contributed by atoms with Crippen molar-refractivity contribution in [2.45, 2.75) is 31.8 Å². The SMILES string of the molecule is CC(O)c1coc(C2CCSCC2)n1. The number of rotatable bonds is 2. The van der Waals surface area contributed by atoms with E-state index < -0.39 is 6.10 Å². The molecular formula is C10H15NO2S. The molecule has 0 amide bonds. The molecule has 78 valence electrons. The first-order valence-electron chi connectivity index (χ1n) is 4.98. The van der Waals surface area contributed by atoms with Crippen molar-refractivity contribution in [1.29, 1.82) is 0 Å². The Balaban J connectivity index is 2.07. The fourth-order valence-corrected chi connectivity index (χ4v) is 2.73. The van der Waals surface area contributed by atoms with Crippen molar-refractivity contribution in [2.75, 3.05) is 11.5 Å². The summed E-state index contributed by atoms with van der Waals surface area (Å²) in [7, 11) is 0. The minimum atomic E-state index is -0.523. The molecule has 0 aliphatic carbocycles. The second kappa shape index (κ2) is 4.36. The maximum Gasteiger partial charge on any atom is 0.197 e. The van der Waals surface area contributed by atoms with Crippen LogP contribution in [-0.4, -0.2) is 21.6 Å². The Morgan fingerprint density at radius 2 is 2.29 bits per heavy atom. The van der Waals surface area contributed by atoms with Crippen molar-refractivity contribution in [2.24, 2.45) is 0 Å². The third-order valence-corrected chi connectivity index (χ3v) is 3.59. The lowest BCUT2D eigenvalue weighted by Gasteiger charge is -2.17. The Kier molecular flexibility index (Phi) is 3.13. The van der Waals surface area contributed by atoms with Crippen molar-refractivity contribution in [3.63, 3.8) is 0 Å². The summed E-state index contributed by atoms with van der Waals surface area (Å²) < 4.78 is 5.39. The molecule has 2 heterocycles. The van der Waals surface area contributed by atoms with Crippen molar-refractivity contribution in [3.05, 3.63) is 17.8 Å². The first kappa shape index (κ1) is 10.1. The van der Waals surface area contributed by atoms with E-state index in [2.05, 4.69) is 4.98 Å². The number of thioether (sulfide) groups is 1. The third-order valence-electron chi connectivity index (χ3n) is 2.54. The van der Waals surface area contributed by atoms with E-state index in [1.807, 2.05) is 11.8 Å². The number of nitrogens with zero attached hydrogens (tertiary/aromatic N) is 1. The van der Waals surface area contributed by atoms with Gasteiger partial charge in [-0.3, -0.25) is 0 Å². The molecule has 0 saturated carbocycles. The largest absolute Gasteiger partial charge is 0.448 e. The molecule has 1 aromatic rings. The molecule has 1 aliphatic rings. The van der Waals surface area contributed by atoms with Crippen LogP contribution in [0.15, 0.2) is 10.7 Å². The van der Waals surface area contributed by atoms with Gasteiger partial charge in [0.1, 0.15) is 12.0 Å². The molecule has 0 aromatic carbocycles. The van der Waals surface area contributed by atoms with Crippen LogP contribution in [0.25, 0.3) is 0 Å². The van der Waals surface area contributed by atoms with Gasteiger partial charge in [0.25, 0.3) is 0 Å². The molecule has 1 saturated heterocycles. The van der Waals surface area contributed by atoms with Gasteiger partial charge in [-0.05, 0) is 31.3 Å². The monoisotopic (exact) mass is 213 g/mol. The van der Waals surface area contributed by atoms with Crippen molar-refractivity contribution >= 4 is 11.8 Å². The van der Waals surface area contributed by atoms with Crippen LogP contribution in [0.3, 0.4) is 0 Å². The highest BCUT2D eigenvalue weighted by molar-refractivity contribution is 7.99. The number of oxazole rings is 1. The van der Waals surface area contributed by atoms with Crippen LogP contribution >= 0.6 is 11.8 Å². The van der Waals surface area contributed by atoms with Crippen LogP contribution in [0.1, 0.15) is 43.4 Å². The Bertz CT molecular complexity index is 292. The lowest BCUT2D eigenvalue weighted by Crippen LogP contribution is -2.08. The highest BCUT2D eigenvalue weighted by Gasteiger charge is 2.21. The molecule has 0 spiro atoms. The van der Waals surface area contributed by atoms with Gasteiger partial charge in [0.05, 0.1) is 6.10 Å². The molecule has 3 nitrogen and oxygen atoms in total. The van der Waals surface area contributed by atoms with Gasteiger partial charge >= 0.3 is 0 Å². The Morgan fingerprint density at radius 1 is 1.57 bits per heavy atom. The van der Waals surface area contributed by atoms with Gasteiger partial charge in [-0.2, -0.15) is 11.8 Å². The summed E-state index contributed by atoms with van der Waals surface area (Å²) in [5.41, 5.74) is 0.651. The number of hydrogen-bond donors (Lipinski definition) is 1. The Morgan fingerprint density at radius 3 is 2.86 bits per heavy atom. The van der Waals surface area contributed by atoms with Gasteiger partial charge in [-0.25, -0.2) is 4.98 Å². The van der Waals surface area contributed by atoms with E-state index in [1.165, 1.54) is 11.5 Å². The van der Waals surface area contributed by atoms with Crippen LogP contribution in [0.2, 0.25) is 0 Å². The van der Waals surface area contributed by atoms with Gasteiger partial charge in [0, 0.05) is 5.92 Å². The summed E-state index contributed by atoms with van der Waals surface area (Å²) in [5.74, 6) is 3.65. The molecule has 4 heteroatoms. The predicted molar refractivity (Wildman–Crippen MR) is 56.4 cm³/mol. The van der Waals surface area contributed by atoms with E-state index in [1.54, 1.807) is 13.2 Å². The third kappa shape index (κ3) is 2.12. The van der Waals surface area contributed by atoms with E-state index in [-0.39, 0.29) is 0 Å². The maximum atomic E-state index is 9.31. The Labute approximate surface area is 87.9 Å². The molecule has 1 fully saturated rings. The van der Waals surface area contributed by atoms with Gasteiger partial charge in [-0.15, -0.1) is 0 Å². The molecule has 0 radical (unpaired) electrons. The molecule has 1 atom stereocenters. The number of hydrogen-bond acceptors (Lipinski definition) is 4. The standard InChI is InChI=1S/C10H15NO2S/c1-7(12)9-6-13-10(11-9)8-2-4-14-5-3-8/h6-8,12H,2-5H2,1H3. The lowest BCUT2D eigenvalue weighted by molar-refractivity contribution is 0.194. The lowest BCUT2D eigenvalue weighted by atomic mass is 10.0. The molecule has 2 rings (SSSR count). The number of aliphatic hydroxyl groups is 1. The average molecular weight is 213 g/mol. The molecule has 0 bridgehead atoms. The maximum absolute atomic E-state index is 9.31. The second-order valence-electron chi connectivity index (χ2n) is 3.67. The molecular weight excluding hydrogens is 198 g/mol. The molecule has 1 aliphatic heterocycles. The minimum absolute atomic E-state index is 0.462. The minimum Gasteiger partial charge on any atom is -0.448 e. The molecule has 1 unspecified atom stereocenters. The van der Waals surface area contributed by atoms with Crippen LogP contribution in [0.4, 0.5) is 0 Å². The highest BCUT2D eigenvalue weighted by atomic mass is 32.2. The van der Waals surface area contributed by atoms with Crippen LogP contribution in [0, 0.1) is 0 Å². The second-order valence-corrected chi connectivity index (χ2v) is 4.90. The van der Waals surface area contributed by atoms with Crippen molar-refractivity contribution in [3.8, 4) is 0 Å². The van der Waals surface area contributed by atoms with Gasteiger partial charge in [0.15, 0.2) is 5.89 Å². The zero-order valence-corrected chi connectivity index (χ0v) is 9.09. The average Bonchev–Trinajstić information content (AvgIpc) is 2.68. The van der Waals surface area contributed by atoms with Crippen LogP contribution in [0.5, 0.6) is 0 Å². The summed E-state index contributed by atoms with van der Waals surface area (Å²) in [4.78, 5) is 4.31. The topological polar surface area (TPSA) is 46.3 Å². The zero-order chi connectivity index (χ0) is 9.97. The Hall–Kier alpha value is -0.480. The fourth-order valence-electron chi connectivity index (χ4n) is 1.62. The first-order valence-corrected chi connectivity index (χ1v) is 6.14. The van der Waals surface area contributed by atoms with E-state index in [0.29, 0.717) is 11.6 Å². The van der Waals surface area contributed by atoms with Gasteiger partial charge < -0.3 is 9.52 Å². The predicted octanol–water partition coefficient (Wildman–Crippen LogP) is 2.34. The normalized spacial score (nSPS) is 21.0. The quantitative estimate of drug-likeness (QED) is 0.819. The van der Waals surface area contributed by atoms with E-state index >= 15 is 0 Å². The summed E-state index contributed by atoms with van der Waals surface area (Å²) in [5, 5.41) is 9.31. The fraction of sp³-hybridized carbons (Fsp3) is 0.700. The summed E-state index contributed by atoms with van der Waals surface area (Å²) in [6.45, 7) is 1.71.